The summed E-state index contributed by atoms with van der Waals surface area (Å²) < 4.78 is 4.82. The van der Waals surface area contributed by atoms with E-state index in [2.05, 4.69) is 205 Å². The standard InChI is InChI=1S/C55H34N4S/c1-2-16-35(17-3-1)38-20-6-8-25-44(38)53-56-54(58-55(57-53)46-28-15-27-43-42-24-11-13-31-51(42)60-52(43)46)45-26-9-7-21-39(45)37-32-33-50-47(34-37)41-23-10-12-29-49(41)59(50)48-30-14-19-36-18-4-5-22-40(36)48/h1-34H. The molecule has 0 radical (unpaired) electrons. The van der Waals surface area contributed by atoms with Crippen molar-refractivity contribution >= 4 is 64.1 Å². The molecule has 3 heterocycles. The van der Waals surface area contributed by atoms with Gasteiger partial charge in [-0.15, -0.1) is 11.3 Å². The van der Waals surface area contributed by atoms with Crippen LogP contribution in [-0.4, -0.2) is 19.5 Å². The van der Waals surface area contributed by atoms with Gasteiger partial charge in [0.05, 0.1) is 16.7 Å². The summed E-state index contributed by atoms with van der Waals surface area (Å²) in [5.74, 6) is 1.92. The molecule has 0 aliphatic heterocycles. The molecule has 0 bridgehead atoms. The van der Waals surface area contributed by atoms with Gasteiger partial charge in [0.25, 0.3) is 0 Å². The van der Waals surface area contributed by atoms with E-state index in [0.29, 0.717) is 17.5 Å². The maximum absolute atomic E-state index is 5.37. The van der Waals surface area contributed by atoms with Crippen LogP contribution in [0.1, 0.15) is 0 Å². The highest BCUT2D eigenvalue weighted by Crippen LogP contribution is 2.42. The normalized spacial score (nSPS) is 11.7. The van der Waals surface area contributed by atoms with Crippen molar-refractivity contribution in [1.82, 2.24) is 19.5 Å². The van der Waals surface area contributed by atoms with Crippen LogP contribution in [0, 0.1) is 0 Å². The summed E-state index contributed by atoms with van der Waals surface area (Å²) in [5, 5.41) is 7.29. The summed E-state index contributed by atoms with van der Waals surface area (Å²) >= 11 is 1.79. The fourth-order valence-corrected chi connectivity index (χ4v) is 10.2. The van der Waals surface area contributed by atoms with Crippen molar-refractivity contribution in [3.05, 3.63) is 206 Å². The van der Waals surface area contributed by atoms with E-state index in [-0.39, 0.29) is 0 Å². The topological polar surface area (TPSA) is 43.6 Å². The van der Waals surface area contributed by atoms with Crippen molar-refractivity contribution in [3.63, 3.8) is 0 Å². The molecule has 0 unspecified atom stereocenters. The van der Waals surface area contributed by atoms with Crippen molar-refractivity contribution in [2.24, 2.45) is 0 Å². The zero-order valence-electron chi connectivity index (χ0n) is 32.3. The summed E-state index contributed by atoms with van der Waals surface area (Å²) in [6.07, 6.45) is 0. The fourth-order valence-electron chi connectivity index (χ4n) is 8.94. The molecule has 0 aliphatic rings. The molecule has 280 valence electrons. The number of nitrogens with zero attached hydrogens (tertiary/aromatic N) is 4. The molecule has 0 amide bonds. The van der Waals surface area contributed by atoms with Crippen molar-refractivity contribution in [3.8, 4) is 62.1 Å². The first-order valence-corrected chi connectivity index (χ1v) is 21.0. The molecule has 4 nitrogen and oxygen atoms in total. The highest BCUT2D eigenvalue weighted by Gasteiger charge is 2.21. The Morgan fingerprint density at radius 2 is 0.867 bits per heavy atom. The Morgan fingerprint density at radius 1 is 0.333 bits per heavy atom. The van der Waals surface area contributed by atoms with Crippen LogP contribution in [-0.2, 0) is 0 Å². The maximum atomic E-state index is 5.37. The van der Waals surface area contributed by atoms with Gasteiger partial charge in [-0.25, -0.2) is 15.0 Å². The van der Waals surface area contributed by atoms with E-state index >= 15 is 0 Å². The molecular weight excluding hydrogens is 749 g/mol. The number of rotatable bonds is 6. The Hall–Kier alpha value is -7.73. The minimum absolute atomic E-state index is 0.629. The number of thiophene rings is 1. The molecule has 0 atom stereocenters. The van der Waals surface area contributed by atoms with Gasteiger partial charge in [0, 0.05) is 53.0 Å². The molecule has 12 aromatic rings. The lowest BCUT2D eigenvalue weighted by Gasteiger charge is -2.14. The van der Waals surface area contributed by atoms with E-state index in [1.165, 1.54) is 52.9 Å². The van der Waals surface area contributed by atoms with Crippen molar-refractivity contribution < 1.29 is 0 Å². The van der Waals surface area contributed by atoms with E-state index in [1.807, 2.05) is 6.07 Å². The first-order valence-electron chi connectivity index (χ1n) is 20.2. The smallest absolute Gasteiger partial charge is 0.165 e. The summed E-state index contributed by atoms with van der Waals surface area (Å²) in [7, 11) is 0. The summed E-state index contributed by atoms with van der Waals surface area (Å²) in [4.78, 5) is 16.0. The van der Waals surface area contributed by atoms with Crippen LogP contribution >= 0.6 is 11.3 Å². The summed E-state index contributed by atoms with van der Waals surface area (Å²) in [5.41, 5.74) is 10.7. The van der Waals surface area contributed by atoms with Gasteiger partial charge in [-0.1, -0.05) is 170 Å². The number of benzene rings is 9. The highest BCUT2D eigenvalue weighted by molar-refractivity contribution is 7.26. The third kappa shape index (κ3) is 5.55. The molecule has 12 rings (SSSR count). The molecule has 9 aromatic carbocycles. The van der Waals surface area contributed by atoms with Gasteiger partial charge in [-0.05, 0) is 64.0 Å². The average Bonchev–Trinajstić information content (AvgIpc) is 3.87. The Morgan fingerprint density at radius 3 is 1.65 bits per heavy atom. The fraction of sp³-hybridized carbons (Fsp3) is 0. The lowest BCUT2D eigenvalue weighted by Crippen LogP contribution is -2.02. The lowest BCUT2D eigenvalue weighted by molar-refractivity contribution is 1.08. The second-order valence-electron chi connectivity index (χ2n) is 15.1. The number of fused-ring (bicyclic) bond motifs is 7. The minimum atomic E-state index is 0.629. The minimum Gasteiger partial charge on any atom is -0.309 e. The average molecular weight is 783 g/mol. The second kappa shape index (κ2) is 14.0. The van der Waals surface area contributed by atoms with Gasteiger partial charge in [0.1, 0.15) is 0 Å². The van der Waals surface area contributed by atoms with Crippen molar-refractivity contribution in [2.45, 2.75) is 0 Å². The molecule has 0 saturated heterocycles. The van der Waals surface area contributed by atoms with Crippen LogP contribution in [0.15, 0.2) is 206 Å². The third-order valence-corrected chi connectivity index (χ3v) is 12.9. The lowest BCUT2D eigenvalue weighted by atomic mass is 9.97. The summed E-state index contributed by atoms with van der Waals surface area (Å²) in [6, 6.07) is 73.2. The third-order valence-electron chi connectivity index (χ3n) is 11.7. The maximum Gasteiger partial charge on any atom is 0.165 e. The predicted molar refractivity (Wildman–Crippen MR) is 252 cm³/mol. The van der Waals surface area contributed by atoms with Crippen LogP contribution in [0.2, 0.25) is 0 Å². The van der Waals surface area contributed by atoms with E-state index in [9.17, 15) is 0 Å². The Balaban J connectivity index is 1.08. The van der Waals surface area contributed by atoms with Gasteiger partial charge in [-0.3, -0.25) is 0 Å². The molecule has 0 saturated carbocycles. The molecule has 0 aliphatic carbocycles. The highest BCUT2D eigenvalue weighted by atomic mass is 32.1. The van der Waals surface area contributed by atoms with Crippen LogP contribution in [0.3, 0.4) is 0 Å². The number of para-hydroxylation sites is 1. The monoisotopic (exact) mass is 782 g/mol. The molecule has 3 aromatic heterocycles. The van der Waals surface area contributed by atoms with Gasteiger partial charge in [0.15, 0.2) is 17.5 Å². The molecule has 0 fully saturated rings. The molecule has 0 spiro atoms. The largest absolute Gasteiger partial charge is 0.309 e. The van der Waals surface area contributed by atoms with Crippen LogP contribution in [0.5, 0.6) is 0 Å². The SMILES string of the molecule is c1ccc(-c2ccccc2-c2nc(-c3ccccc3-c3ccc4c(c3)c3ccccc3n4-c3cccc4ccccc34)nc(-c3cccc4c3sc3ccccc34)n2)cc1. The number of hydrogen-bond donors (Lipinski definition) is 0. The van der Waals surface area contributed by atoms with Crippen LogP contribution < -0.4 is 0 Å². The van der Waals surface area contributed by atoms with E-state index in [0.717, 1.165) is 44.5 Å². The molecule has 0 N–H and O–H groups in total. The summed E-state index contributed by atoms with van der Waals surface area (Å²) in [6.45, 7) is 0. The van der Waals surface area contributed by atoms with Crippen molar-refractivity contribution in [1.29, 1.82) is 0 Å². The van der Waals surface area contributed by atoms with Gasteiger partial charge in [-0.2, -0.15) is 0 Å². The zero-order valence-corrected chi connectivity index (χ0v) is 33.1. The van der Waals surface area contributed by atoms with Gasteiger partial charge in [0.2, 0.25) is 0 Å². The first kappa shape index (κ1) is 34.3. The Bertz CT molecular complexity index is 3610. The Labute approximate surface area is 350 Å². The zero-order chi connectivity index (χ0) is 39.6. The van der Waals surface area contributed by atoms with Crippen LogP contribution in [0.25, 0.3) is 115 Å². The van der Waals surface area contributed by atoms with Crippen molar-refractivity contribution in [2.75, 3.05) is 0 Å². The van der Waals surface area contributed by atoms with E-state index < -0.39 is 0 Å². The molecule has 5 heteroatoms. The molecule has 60 heavy (non-hydrogen) atoms. The van der Waals surface area contributed by atoms with E-state index in [4.69, 9.17) is 15.0 Å². The van der Waals surface area contributed by atoms with E-state index in [1.54, 1.807) is 11.3 Å². The van der Waals surface area contributed by atoms with Gasteiger partial charge < -0.3 is 4.57 Å². The quantitative estimate of drug-likeness (QED) is 0.169. The molecular formula is C55H34N4S. The predicted octanol–water partition coefficient (Wildman–Crippen LogP) is 14.8. The first-order chi connectivity index (χ1) is 29.8. The number of aromatic nitrogens is 4. The van der Waals surface area contributed by atoms with Crippen LogP contribution in [0.4, 0.5) is 0 Å². The number of hydrogen-bond acceptors (Lipinski definition) is 4. The van der Waals surface area contributed by atoms with Gasteiger partial charge >= 0.3 is 0 Å². The Kier molecular flexibility index (Phi) is 8.00. The second-order valence-corrected chi connectivity index (χ2v) is 16.2.